The third kappa shape index (κ3) is 5.95. The molecule has 3 heteroatoms. The van der Waals surface area contributed by atoms with E-state index in [1.54, 1.807) is 0 Å². The number of rotatable bonds is 7. The molecule has 12 aromatic carbocycles. The summed E-state index contributed by atoms with van der Waals surface area (Å²) in [6.45, 7) is 0. The normalized spacial score (nSPS) is 14.2. The highest BCUT2D eigenvalue weighted by molar-refractivity contribution is 7.26. The minimum atomic E-state index is -0.617. The monoisotopic (exact) mass is 932 g/mol. The van der Waals surface area contributed by atoms with E-state index in [1.807, 2.05) is 11.3 Å². The van der Waals surface area contributed by atoms with Crippen LogP contribution in [0.15, 0.2) is 267 Å². The van der Waals surface area contributed by atoms with Gasteiger partial charge in [0.25, 0.3) is 0 Å². The lowest BCUT2D eigenvalue weighted by Gasteiger charge is -2.34. The van der Waals surface area contributed by atoms with Crippen molar-refractivity contribution in [2.45, 2.75) is 5.41 Å². The fourth-order valence-corrected chi connectivity index (χ4v) is 13.6. The predicted octanol–water partition coefficient (Wildman–Crippen LogP) is 19.3. The largest absolute Gasteiger partial charge is 0.310 e. The second-order valence-corrected chi connectivity index (χ2v) is 20.2. The highest BCUT2D eigenvalue weighted by Gasteiger charge is 2.52. The van der Waals surface area contributed by atoms with Gasteiger partial charge in [-0.1, -0.05) is 194 Å². The van der Waals surface area contributed by atoms with Gasteiger partial charge in [0, 0.05) is 48.5 Å². The van der Waals surface area contributed by atoms with Gasteiger partial charge in [0.1, 0.15) is 0 Å². The first-order valence-electron chi connectivity index (χ1n) is 24.8. The third-order valence-electron chi connectivity index (χ3n) is 15.4. The van der Waals surface area contributed by atoms with E-state index >= 15 is 0 Å². The van der Waals surface area contributed by atoms with Crippen LogP contribution in [-0.2, 0) is 5.41 Å². The summed E-state index contributed by atoms with van der Waals surface area (Å²) in [6.07, 6.45) is 0. The van der Waals surface area contributed by atoms with Crippen molar-refractivity contribution < 1.29 is 0 Å². The molecule has 0 aliphatic heterocycles. The van der Waals surface area contributed by atoms with E-state index in [2.05, 4.69) is 277 Å². The van der Waals surface area contributed by atoms with E-state index in [4.69, 9.17) is 0 Å². The molecule has 2 aliphatic carbocycles. The Morgan fingerprint density at radius 2 is 0.806 bits per heavy atom. The molecular weight excluding hydrogens is 889 g/mol. The maximum Gasteiger partial charge on any atom is 0.0727 e. The van der Waals surface area contributed by atoms with Crippen LogP contribution < -0.4 is 9.80 Å². The number of para-hydroxylation sites is 1. The van der Waals surface area contributed by atoms with Crippen molar-refractivity contribution in [2.75, 3.05) is 9.80 Å². The van der Waals surface area contributed by atoms with Crippen molar-refractivity contribution in [3.05, 3.63) is 289 Å². The highest BCUT2D eigenvalue weighted by Crippen LogP contribution is 2.64. The standard InChI is InChI=1S/C69H44N2S/c1-3-20-47(21-4-1)67-53-25-10-9-19-46(53)35-41-64(67)71(50-36-34-45-18-7-8-22-48(45)42-50)52-38-40-57-55-27-12-15-30-60(55)69(62(57)44-52)59-29-14-11-26-54(59)56-39-37-51(43-61(56)69)70(49-23-5-2-6-24-49)63-31-17-33-66-68(63)58-28-13-16-32-65(58)72-66/h1-44H. The van der Waals surface area contributed by atoms with Crippen LogP contribution in [0.25, 0.3) is 75.1 Å². The summed E-state index contributed by atoms with van der Waals surface area (Å²) in [5, 5.41) is 7.41. The van der Waals surface area contributed by atoms with Crippen LogP contribution in [0.3, 0.4) is 0 Å². The molecule has 0 bridgehead atoms. The molecule has 1 unspecified atom stereocenters. The molecule has 336 valence electrons. The summed E-state index contributed by atoms with van der Waals surface area (Å²) in [7, 11) is 0. The van der Waals surface area contributed by atoms with Crippen LogP contribution >= 0.6 is 11.3 Å². The summed E-state index contributed by atoms with van der Waals surface area (Å²) < 4.78 is 2.58. The van der Waals surface area contributed by atoms with Gasteiger partial charge in [-0.15, -0.1) is 11.3 Å². The Balaban J connectivity index is 1.01. The first-order valence-corrected chi connectivity index (χ1v) is 25.6. The molecule has 2 nitrogen and oxygen atoms in total. The number of anilines is 6. The lowest BCUT2D eigenvalue weighted by molar-refractivity contribution is 0.793. The van der Waals surface area contributed by atoms with Gasteiger partial charge < -0.3 is 9.80 Å². The van der Waals surface area contributed by atoms with Gasteiger partial charge in [-0.3, -0.25) is 0 Å². The molecule has 0 radical (unpaired) electrons. The topological polar surface area (TPSA) is 6.48 Å². The number of fused-ring (bicyclic) bond motifs is 15. The van der Waals surface area contributed by atoms with Gasteiger partial charge in [-0.2, -0.15) is 0 Å². The lowest BCUT2D eigenvalue weighted by Crippen LogP contribution is -2.26. The molecule has 72 heavy (non-hydrogen) atoms. The smallest absolute Gasteiger partial charge is 0.0727 e. The molecule has 0 fully saturated rings. The fourth-order valence-electron chi connectivity index (χ4n) is 12.4. The average molecular weight is 933 g/mol. The van der Waals surface area contributed by atoms with Crippen molar-refractivity contribution in [2.24, 2.45) is 0 Å². The molecule has 0 saturated carbocycles. The minimum absolute atomic E-state index is 0.617. The van der Waals surface area contributed by atoms with Gasteiger partial charge in [-0.05, 0) is 144 Å². The Hall–Kier alpha value is -9.02. The maximum absolute atomic E-state index is 2.53. The second kappa shape index (κ2) is 16.0. The van der Waals surface area contributed by atoms with Gasteiger partial charge in [-0.25, -0.2) is 0 Å². The Labute approximate surface area is 422 Å². The number of hydrogen-bond acceptors (Lipinski definition) is 3. The Morgan fingerprint density at radius 1 is 0.292 bits per heavy atom. The Bertz CT molecular complexity index is 4290. The van der Waals surface area contributed by atoms with Crippen LogP contribution in [-0.4, -0.2) is 0 Å². The first kappa shape index (κ1) is 40.8. The lowest BCUT2D eigenvalue weighted by atomic mass is 9.70. The molecule has 2 aliphatic rings. The molecule has 1 aromatic heterocycles. The summed E-state index contributed by atoms with van der Waals surface area (Å²) in [4.78, 5) is 5.00. The maximum atomic E-state index is 2.53. The molecule has 13 aromatic rings. The number of benzene rings is 12. The number of thiophene rings is 1. The van der Waals surface area contributed by atoms with Crippen LogP contribution in [0.4, 0.5) is 34.1 Å². The molecule has 0 amide bonds. The third-order valence-corrected chi connectivity index (χ3v) is 16.5. The molecule has 1 heterocycles. The van der Waals surface area contributed by atoms with Crippen LogP contribution in [0.5, 0.6) is 0 Å². The number of hydrogen-bond donors (Lipinski definition) is 0. The molecule has 1 atom stereocenters. The van der Waals surface area contributed by atoms with E-state index in [9.17, 15) is 0 Å². The molecule has 1 spiro atoms. The summed E-state index contributed by atoms with van der Waals surface area (Å²) >= 11 is 1.87. The van der Waals surface area contributed by atoms with E-state index in [1.165, 1.54) is 103 Å². The van der Waals surface area contributed by atoms with E-state index in [0.29, 0.717) is 0 Å². The summed E-state index contributed by atoms with van der Waals surface area (Å²) in [5.74, 6) is 0. The Morgan fingerprint density at radius 3 is 1.53 bits per heavy atom. The minimum Gasteiger partial charge on any atom is -0.310 e. The second-order valence-electron chi connectivity index (χ2n) is 19.1. The van der Waals surface area contributed by atoms with Gasteiger partial charge in [0.05, 0.1) is 16.8 Å². The van der Waals surface area contributed by atoms with Gasteiger partial charge in [0.15, 0.2) is 0 Å². The average Bonchev–Trinajstić information content (AvgIpc) is 4.08. The highest BCUT2D eigenvalue weighted by atomic mass is 32.1. The van der Waals surface area contributed by atoms with Crippen molar-refractivity contribution in [1.29, 1.82) is 0 Å². The SMILES string of the molecule is c1ccc(-c2c(N(c3ccc4c(c3)C3(c5ccccc5-4)c4ccccc4-c4ccc(N(c5ccccc5)c5cccc6sc7ccccc7c56)cc43)c3ccc4ccccc4c3)ccc3ccccc23)cc1. The molecule has 0 saturated heterocycles. The quantitative estimate of drug-likeness (QED) is 0.157. The van der Waals surface area contributed by atoms with Crippen LogP contribution in [0.1, 0.15) is 22.3 Å². The summed E-state index contributed by atoms with van der Waals surface area (Å²) in [6, 6.07) is 99.4. The fraction of sp³-hybridized carbons (Fsp3) is 0.0145. The van der Waals surface area contributed by atoms with E-state index in [0.717, 1.165) is 28.4 Å². The van der Waals surface area contributed by atoms with Gasteiger partial charge >= 0.3 is 0 Å². The van der Waals surface area contributed by atoms with E-state index < -0.39 is 5.41 Å². The van der Waals surface area contributed by atoms with Crippen molar-refractivity contribution in [3.8, 4) is 33.4 Å². The first-order chi connectivity index (χ1) is 35.7. The molecule has 0 N–H and O–H groups in total. The van der Waals surface area contributed by atoms with Crippen LogP contribution in [0, 0.1) is 0 Å². The summed E-state index contributed by atoms with van der Waals surface area (Å²) in [5.41, 5.74) is 18.8. The zero-order valence-corrected chi connectivity index (χ0v) is 40.0. The predicted molar refractivity (Wildman–Crippen MR) is 305 cm³/mol. The van der Waals surface area contributed by atoms with Crippen molar-refractivity contribution in [1.82, 2.24) is 0 Å². The van der Waals surface area contributed by atoms with Crippen molar-refractivity contribution in [3.63, 3.8) is 0 Å². The molecular formula is C69H44N2S. The zero-order chi connectivity index (χ0) is 47.3. The van der Waals surface area contributed by atoms with E-state index in [-0.39, 0.29) is 0 Å². The van der Waals surface area contributed by atoms with Crippen LogP contribution in [0.2, 0.25) is 0 Å². The number of nitrogens with zero attached hydrogens (tertiary/aromatic N) is 2. The molecule has 15 rings (SSSR count). The van der Waals surface area contributed by atoms with Crippen molar-refractivity contribution >= 4 is 87.2 Å². The Kier molecular flexibility index (Phi) is 9.08. The zero-order valence-electron chi connectivity index (χ0n) is 39.2. The van der Waals surface area contributed by atoms with Gasteiger partial charge in [0.2, 0.25) is 0 Å².